The smallest absolute Gasteiger partial charge is 0.0516 e. The predicted octanol–water partition coefficient (Wildman–Crippen LogP) is 3.52. The van der Waals surface area contributed by atoms with Crippen LogP contribution in [0.5, 0.6) is 0 Å². The van der Waals surface area contributed by atoms with Gasteiger partial charge in [0.15, 0.2) is 0 Å². The molecule has 13 heavy (non-hydrogen) atoms. The van der Waals surface area contributed by atoms with Gasteiger partial charge in [0.25, 0.3) is 0 Å². The third-order valence-corrected chi connectivity index (χ3v) is 3.04. The maximum absolute atomic E-state index is 5.94. The molecule has 0 amide bonds. The largest absolute Gasteiger partial charge is 0.321 e. The van der Waals surface area contributed by atoms with Gasteiger partial charge in [0.1, 0.15) is 0 Å². The summed E-state index contributed by atoms with van der Waals surface area (Å²) in [6.07, 6.45) is 0. The van der Waals surface area contributed by atoms with E-state index < -0.39 is 0 Å². The number of hydrogen-bond acceptors (Lipinski definition) is 1. The zero-order valence-corrected chi connectivity index (χ0v) is 10.3. The first-order chi connectivity index (χ1) is 6.02. The van der Waals surface area contributed by atoms with Crippen LogP contribution in [0.1, 0.15) is 18.5 Å². The fourth-order valence-corrected chi connectivity index (χ4v) is 1.87. The van der Waals surface area contributed by atoms with Gasteiger partial charge in [0.2, 0.25) is 0 Å². The summed E-state index contributed by atoms with van der Waals surface area (Å²) in [5.41, 5.74) is 7.93. The number of nitrogens with two attached hydrogens (primary N) is 1. The zero-order valence-electron chi connectivity index (χ0n) is 7.35. The lowest BCUT2D eigenvalue weighted by atomic mass is 10.0. The van der Waals surface area contributed by atoms with Crippen LogP contribution in [0.3, 0.4) is 0 Å². The van der Waals surface area contributed by atoms with E-state index in [9.17, 15) is 0 Å². The molecular weight excluding hydrogens is 296 g/mol. The van der Waals surface area contributed by atoms with Crippen molar-refractivity contribution < 1.29 is 0 Å². The molecular formula is C10H11ClIN. The van der Waals surface area contributed by atoms with E-state index in [1.54, 1.807) is 0 Å². The Balaban J connectivity index is 3.12. The third kappa shape index (κ3) is 2.69. The maximum Gasteiger partial charge on any atom is 0.0516 e. The minimum Gasteiger partial charge on any atom is -0.321 e. The number of benzene rings is 1. The Bertz CT molecular complexity index is 336. The number of hydrogen-bond donors (Lipinski definition) is 1. The number of rotatable bonds is 2. The minimum atomic E-state index is -0.120. The molecule has 1 aromatic rings. The minimum absolute atomic E-state index is 0.120. The van der Waals surface area contributed by atoms with Gasteiger partial charge in [0, 0.05) is 8.59 Å². The first-order valence-electron chi connectivity index (χ1n) is 3.88. The van der Waals surface area contributed by atoms with Crippen molar-refractivity contribution in [2.75, 3.05) is 0 Å². The van der Waals surface area contributed by atoms with Gasteiger partial charge in [-0.25, -0.2) is 0 Å². The second kappa shape index (κ2) is 4.44. The number of halogens is 2. The molecule has 0 heterocycles. The average Bonchev–Trinajstić information content (AvgIpc) is 2.08. The van der Waals surface area contributed by atoms with Crippen molar-refractivity contribution in [2.45, 2.75) is 13.0 Å². The van der Waals surface area contributed by atoms with Crippen LogP contribution in [0.15, 0.2) is 30.4 Å². The summed E-state index contributed by atoms with van der Waals surface area (Å²) in [6.45, 7) is 5.75. The highest BCUT2D eigenvalue weighted by atomic mass is 127. The van der Waals surface area contributed by atoms with Crippen molar-refractivity contribution >= 4 is 34.2 Å². The SMILES string of the molecule is C=C(C)C(N)c1cc(Cl)ccc1I. The molecule has 0 spiro atoms. The molecule has 70 valence electrons. The molecule has 0 aliphatic rings. The Hall–Kier alpha value is -0.0600. The van der Waals surface area contributed by atoms with Crippen LogP contribution in [0.25, 0.3) is 0 Å². The van der Waals surface area contributed by atoms with Gasteiger partial charge in [-0.1, -0.05) is 23.8 Å². The third-order valence-electron chi connectivity index (χ3n) is 1.82. The summed E-state index contributed by atoms with van der Waals surface area (Å²) in [7, 11) is 0. The first kappa shape index (κ1) is 11.0. The lowest BCUT2D eigenvalue weighted by molar-refractivity contribution is 0.845. The van der Waals surface area contributed by atoms with Crippen LogP contribution >= 0.6 is 34.2 Å². The summed E-state index contributed by atoms with van der Waals surface area (Å²) in [6, 6.07) is 5.59. The Morgan fingerprint density at radius 2 is 2.23 bits per heavy atom. The lowest BCUT2D eigenvalue weighted by Crippen LogP contribution is -2.12. The summed E-state index contributed by atoms with van der Waals surface area (Å²) in [5.74, 6) is 0. The van der Waals surface area contributed by atoms with E-state index in [2.05, 4.69) is 29.2 Å². The molecule has 0 fully saturated rings. The van der Waals surface area contributed by atoms with E-state index in [1.807, 2.05) is 25.1 Å². The standard InChI is InChI=1S/C10H11ClIN/c1-6(2)10(13)8-5-7(11)3-4-9(8)12/h3-5,10H,1,13H2,2H3. The molecule has 1 nitrogen and oxygen atoms in total. The van der Waals surface area contributed by atoms with Crippen LogP contribution < -0.4 is 5.73 Å². The van der Waals surface area contributed by atoms with Gasteiger partial charge in [-0.3, -0.25) is 0 Å². The molecule has 0 bridgehead atoms. The molecule has 1 aromatic carbocycles. The van der Waals surface area contributed by atoms with Crippen molar-refractivity contribution in [2.24, 2.45) is 5.73 Å². The molecule has 1 rings (SSSR count). The van der Waals surface area contributed by atoms with E-state index in [0.717, 1.165) is 14.7 Å². The summed E-state index contributed by atoms with van der Waals surface area (Å²) in [4.78, 5) is 0. The molecule has 3 heteroatoms. The van der Waals surface area contributed by atoms with E-state index >= 15 is 0 Å². The molecule has 0 saturated heterocycles. The lowest BCUT2D eigenvalue weighted by Gasteiger charge is -2.13. The molecule has 0 saturated carbocycles. The quantitative estimate of drug-likeness (QED) is 0.656. The van der Waals surface area contributed by atoms with Gasteiger partial charge in [-0.2, -0.15) is 0 Å². The van der Waals surface area contributed by atoms with Crippen LogP contribution in [0.2, 0.25) is 5.02 Å². The van der Waals surface area contributed by atoms with Crippen molar-refractivity contribution in [1.29, 1.82) is 0 Å². The highest BCUT2D eigenvalue weighted by Gasteiger charge is 2.10. The maximum atomic E-state index is 5.94. The van der Waals surface area contributed by atoms with Crippen LogP contribution in [0.4, 0.5) is 0 Å². The first-order valence-corrected chi connectivity index (χ1v) is 5.34. The van der Waals surface area contributed by atoms with Gasteiger partial charge in [0.05, 0.1) is 6.04 Å². The van der Waals surface area contributed by atoms with Crippen molar-refractivity contribution in [1.82, 2.24) is 0 Å². The normalized spacial score (nSPS) is 12.6. The van der Waals surface area contributed by atoms with Crippen molar-refractivity contribution in [3.8, 4) is 0 Å². The van der Waals surface area contributed by atoms with Crippen LogP contribution in [0, 0.1) is 3.57 Å². The molecule has 0 radical (unpaired) electrons. The molecule has 0 aromatic heterocycles. The van der Waals surface area contributed by atoms with E-state index in [0.29, 0.717) is 5.02 Å². The van der Waals surface area contributed by atoms with E-state index in [-0.39, 0.29) is 6.04 Å². The summed E-state index contributed by atoms with van der Waals surface area (Å²) < 4.78 is 1.12. The second-order valence-electron chi connectivity index (χ2n) is 2.99. The Morgan fingerprint density at radius 1 is 1.62 bits per heavy atom. The van der Waals surface area contributed by atoms with Crippen LogP contribution in [-0.4, -0.2) is 0 Å². The highest BCUT2D eigenvalue weighted by molar-refractivity contribution is 14.1. The molecule has 0 aliphatic carbocycles. The van der Waals surface area contributed by atoms with Gasteiger partial charge < -0.3 is 5.73 Å². The van der Waals surface area contributed by atoms with E-state index in [1.165, 1.54) is 0 Å². The summed E-state index contributed by atoms with van der Waals surface area (Å²) in [5, 5.41) is 0.715. The van der Waals surface area contributed by atoms with Crippen LogP contribution in [-0.2, 0) is 0 Å². The summed E-state index contributed by atoms with van der Waals surface area (Å²) >= 11 is 8.12. The van der Waals surface area contributed by atoms with Crippen molar-refractivity contribution in [3.63, 3.8) is 0 Å². The molecule has 1 atom stereocenters. The molecule has 1 unspecified atom stereocenters. The Kier molecular flexibility index (Phi) is 3.76. The molecule has 2 N–H and O–H groups in total. The average molecular weight is 308 g/mol. The highest BCUT2D eigenvalue weighted by Crippen LogP contribution is 2.25. The van der Waals surface area contributed by atoms with Gasteiger partial charge in [-0.05, 0) is 53.3 Å². The predicted molar refractivity (Wildman–Crippen MR) is 65.9 cm³/mol. The second-order valence-corrected chi connectivity index (χ2v) is 4.59. The Labute approximate surface area is 97.1 Å². The monoisotopic (exact) mass is 307 g/mol. The van der Waals surface area contributed by atoms with Gasteiger partial charge in [-0.15, -0.1) is 0 Å². The van der Waals surface area contributed by atoms with E-state index in [4.69, 9.17) is 17.3 Å². The fourth-order valence-electron chi connectivity index (χ4n) is 1.02. The fraction of sp³-hybridized carbons (Fsp3) is 0.200. The zero-order chi connectivity index (χ0) is 10.0. The van der Waals surface area contributed by atoms with Gasteiger partial charge >= 0.3 is 0 Å². The molecule has 0 aliphatic heterocycles. The Morgan fingerprint density at radius 3 is 2.77 bits per heavy atom. The van der Waals surface area contributed by atoms with Crippen molar-refractivity contribution in [3.05, 3.63) is 44.5 Å². The topological polar surface area (TPSA) is 26.0 Å².